The number of aromatic amines is 1. The van der Waals surface area contributed by atoms with E-state index in [1.807, 2.05) is 6.92 Å². The fraction of sp³-hybridized carbons (Fsp3) is 0.286. The van der Waals surface area contributed by atoms with Crippen LogP contribution in [0, 0.1) is 5.82 Å². The highest BCUT2D eigenvalue weighted by molar-refractivity contribution is 7.89. The first-order valence-electron chi connectivity index (χ1n) is 6.63. The van der Waals surface area contributed by atoms with Gasteiger partial charge in [0.15, 0.2) is 0 Å². The van der Waals surface area contributed by atoms with Crippen molar-refractivity contribution in [3.8, 4) is 0 Å². The Morgan fingerprint density at radius 1 is 1.19 bits per heavy atom. The number of hydrogen-bond donors (Lipinski definition) is 3. The van der Waals surface area contributed by atoms with Gasteiger partial charge in [0.25, 0.3) is 0 Å². The summed E-state index contributed by atoms with van der Waals surface area (Å²) in [6, 6.07) is 7.29. The van der Waals surface area contributed by atoms with E-state index in [1.54, 1.807) is 18.2 Å². The van der Waals surface area contributed by atoms with Crippen LogP contribution < -0.4 is 10.0 Å². The molecule has 0 bridgehead atoms. The maximum atomic E-state index is 12.8. The number of benzene rings is 1. The van der Waals surface area contributed by atoms with Crippen LogP contribution in [0.3, 0.4) is 0 Å². The second-order valence-corrected chi connectivity index (χ2v) is 6.36. The molecule has 0 spiro atoms. The van der Waals surface area contributed by atoms with Crippen molar-refractivity contribution in [2.45, 2.75) is 24.9 Å². The van der Waals surface area contributed by atoms with Crippen molar-refractivity contribution in [1.82, 2.24) is 15.0 Å². The van der Waals surface area contributed by atoms with Crippen molar-refractivity contribution >= 4 is 10.0 Å². The molecule has 1 aromatic carbocycles. The molecule has 0 amide bonds. The Kier molecular flexibility index (Phi) is 5.11. The lowest BCUT2D eigenvalue weighted by Crippen LogP contribution is -2.22. The normalized spacial score (nSPS) is 11.7. The first-order chi connectivity index (χ1) is 10.0. The zero-order valence-corrected chi connectivity index (χ0v) is 12.5. The molecule has 2 aromatic rings. The molecule has 1 aromatic heterocycles. The molecule has 3 N–H and O–H groups in total. The Bertz CT molecular complexity index is 680. The van der Waals surface area contributed by atoms with Crippen LogP contribution >= 0.6 is 0 Å². The summed E-state index contributed by atoms with van der Waals surface area (Å²) < 4.78 is 39.5. The molecule has 0 aliphatic rings. The topological polar surface area (TPSA) is 74.0 Å². The van der Waals surface area contributed by atoms with Gasteiger partial charge in [-0.1, -0.05) is 19.1 Å². The zero-order chi connectivity index (χ0) is 15.3. The lowest BCUT2D eigenvalue weighted by atomic mass is 10.2. The Morgan fingerprint density at radius 3 is 2.57 bits per heavy atom. The zero-order valence-electron chi connectivity index (χ0n) is 11.7. The fourth-order valence-electron chi connectivity index (χ4n) is 1.80. The second kappa shape index (κ2) is 6.84. The third-order valence-electron chi connectivity index (χ3n) is 2.97. The molecule has 114 valence electrons. The lowest BCUT2D eigenvalue weighted by Gasteiger charge is -2.05. The van der Waals surface area contributed by atoms with Gasteiger partial charge in [-0.3, -0.25) is 0 Å². The molecule has 0 aliphatic carbocycles. The molecule has 0 saturated heterocycles. The molecule has 0 radical (unpaired) electrons. The molecule has 21 heavy (non-hydrogen) atoms. The molecular formula is C14H18FN3O2S. The van der Waals surface area contributed by atoms with Crippen molar-refractivity contribution in [2.24, 2.45) is 0 Å². The summed E-state index contributed by atoms with van der Waals surface area (Å²) in [4.78, 5) is 3.11. The maximum Gasteiger partial charge on any atom is 0.242 e. The van der Waals surface area contributed by atoms with Gasteiger partial charge in [-0.2, -0.15) is 0 Å². The Balaban J connectivity index is 2.00. The monoisotopic (exact) mass is 311 g/mol. The molecule has 0 aliphatic heterocycles. The Morgan fingerprint density at radius 2 is 1.90 bits per heavy atom. The van der Waals surface area contributed by atoms with Crippen LogP contribution in [0.2, 0.25) is 0 Å². The van der Waals surface area contributed by atoms with Crippen LogP contribution in [-0.2, 0) is 23.1 Å². The molecule has 0 fully saturated rings. The minimum Gasteiger partial charge on any atom is -0.363 e. The van der Waals surface area contributed by atoms with Gasteiger partial charge in [-0.15, -0.1) is 0 Å². The summed E-state index contributed by atoms with van der Waals surface area (Å²) >= 11 is 0. The number of hydrogen-bond acceptors (Lipinski definition) is 3. The van der Waals surface area contributed by atoms with E-state index in [0.29, 0.717) is 12.1 Å². The molecule has 2 rings (SSSR count). The van der Waals surface area contributed by atoms with Gasteiger partial charge in [0.05, 0.1) is 4.90 Å². The summed E-state index contributed by atoms with van der Waals surface area (Å²) in [5, 5.41) is 3.11. The standard InChI is InChI=1S/C14H18FN3O2S/c1-2-16-9-13-7-14(10-17-13)21(19,20)18-8-11-3-5-12(15)6-4-11/h3-7,10,16-18H,2,8-9H2,1H3. The Hall–Kier alpha value is -1.70. The van der Waals surface area contributed by atoms with Crippen LogP contribution in [0.25, 0.3) is 0 Å². The predicted molar refractivity (Wildman–Crippen MR) is 78.6 cm³/mol. The summed E-state index contributed by atoms with van der Waals surface area (Å²) in [5.74, 6) is -0.347. The van der Waals surface area contributed by atoms with E-state index < -0.39 is 10.0 Å². The number of nitrogens with one attached hydrogen (secondary N) is 3. The van der Waals surface area contributed by atoms with Gasteiger partial charge >= 0.3 is 0 Å². The molecule has 0 unspecified atom stereocenters. The third-order valence-corrected chi connectivity index (χ3v) is 4.35. The predicted octanol–water partition coefficient (Wildman–Crippen LogP) is 1.74. The van der Waals surface area contributed by atoms with E-state index in [4.69, 9.17) is 0 Å². The number of halogens is 1. The largest absolute Gasteiger partial charge is 0.363 e. The average Bonchev–Trinajstić information content (AvgIpc) is 2.94. The smallest absolute Gasteiger partial charge is 0.242 e. The number of aromatic nitrogens is 1. The van der Waals surface area contributed by atoms with Crippen molar-refractivity contribution < 1.29 is 12.8 Å². The van der Waals surface area contributed by atoms with Gasteiger partial charge in [-0.25, -0.2) is 17.5 Å². The average molecular weight is 311 g/mol. The van der Waals surface area contributed by atoms with E-state index >= 15 is 0 Å². The van der Waals surface area contributed by atoms with E-state index in [0.717, 1.165) is 12.2 Å². The molecule has 7 heteroatoms. The minimum absolute atomic E-state index is 0.121. The van der Waals surface area contributed by atoms with Gasteiger partial charge in [0.1, 0.15) is 5.82 Å². The van der Waals surface area contributed by atoms with Crippen molar-refractivity contribution in [3.05, 3.63) is 53.6 Å². The van der Waals surface area contributed by atoms with Gasteiger partial charge < -0.3 is 10.3 Å². The van der Waals surface area contributed by atoms with Crippen LogP contribution in [0.1, 0.15) is 18.2 Å². The van der Waals surface area contributed by atoms with Gasteiger partial charge in [-0.05, 0) is 30.3 Å². The van der Waals surface area contributed by atoms with Gasteiger partial charge in [0, 0.05) is 25.0 Å². The highest BCUT2D eigenvalue weighted by Gasteiger charge is 2.15. The highest BCUT2D eigenvalue weighted by atomic mass is 32.2. The summed E-state index contributed by atoms with van der Waals surface area (Å²) in [7, 11) is -3.58. The number of H-pyrrole nitrogens is 1. The molecule has 0 atom stereocenters. The van der Waals surface area contributed by atoms with E-state index in [9.17, 15) is 12.8 Å². The van der Waals surface area contributed by atoms with Crippen LogP contribution in [0.5, 0.6) is 0 Å². The first-order valence-corrected chi connectivity index (χ1v) is 8.11. The quantitative estimate of drug-likeness (QED) is 0.729. The molecule has 1 heterocycles. The molecule has 0 saturated carbocycles. The van der Waals surface area contributed by atoms with Crippen molar-refractivity contribution in [2.75, 3.05) is 6.54 Å². The van der Waals surface area contributed by atoms with Crippen LogP contribution in [0.4, 0.5) is 4.39 Å². The lowest BCUT2D eigenvalue weighted by molar-refractivity contribution is 0.581. The number of rotatable bonds is 7. The van der Waals surface area contributed by atoms with Crippen molar-refractivity contribution in [1.29, 1.82) is 0 Å². The summed E-state index contributed by atoms with van der Waals surface area (Å²) in [5.41, 5.74) is 1.50. The number of sulfonamides is 1. The van der Waals surface area contributed by atoms with Crippen molar-refractivity contribution in [3.63, 3.8) is 0 Å². The SMILES string of the molecule is CCNCc1cc(S(=O)(=O)NCc2ccc(F)cc2)c[nH]1. The van der Waals surface area contributed by atoms with Gasteiger partial charge in [0.2, 0.25) is 10.0 Å². The van der Waals surface area contributed by atoms with E-state index in [2.05, 4.69) is 15.0 Å². The second-order valence-electron chi connectivity index (χ2n) is 4.59. The van der Waals surface area contributed by atoms with Crippen LogP contribution in [-0.4, -0.2) is 19.9 Å². The summed E-state index contributed by atoms with van der Waals surface area (Å²) in [6.07, 6.45) is 1.46. The molecular weight excluding hydrogens is 293 g/mol. The minimum atomic E-state index is -3.58. The summed E-state index contributed by atoms with van der Waals surface area (Å²) in [6.45, 7) is 3.50. The fourth-order valence-corrected chi connectivity index (χ4v) is 2.83. The maximum absolute atomic E-state index is 12.8. The molecule has 5 nitrogen and oxygen atoms in total. The third kappa shape index (κ3) is 4.38. The van der Waals surface area contributed by atoms with E-state index in [1.165, 1.54) is 18.3 Å². The Labute approximate surface area is 123 Å². The first kappa shape index (κ1) is 15.7. The van der Waals surface area contributed by atoms with E-state index in [-0.39, 0.29) is 17.3 Å². The van der Waals surface area contributed by atoms with Crippen LogP contribution in [0.15, 0.2) is 41.4 Å². The highest BCUT2D eigenvalue weighted by Crippen LogP contribution is 2.11.